The lowest BCUT2D eigenvalue weighted by atomic mass is 9.97. The Morgan fingerprint density at radius 2 is 2.22 bits per heavy atom. The highest BCUT2D eigenvalue weighted by Crippen LogP contribution is 2.48. The third kappa shape index (κ3) is 2.76. The molecule has 1 aromatic carbocycles. The fourth-order valence-corrected chi connectivity index (χ4v) is 4.26. The number of ether oxygens (including phenoxy) is 1. The molecular formula is C17H20ClNO3S. The molecule has 0 radical (unpaired) electrons. The van der Waals surface area contributed by atoms with Gasteiger partial charge in [-0.25, -0.2) is 4.79 Å². The monoisotopic (exact) mass is 353 g/mol. The van der Waals surface area contributed by atoms with Crippen molar-refractivity contribution in [2.24, 2.45) is 0 Å². The summed E-state index contributed by atoms with van der Waals surface area (Å²) in [4.78, 5) is 14.1. The number of thiophene rings is 1. The van der Waals surface area contributed by atoms with Gasteiger partial charge in [0.1, 0.15) is 11.4 Å². The second kappa shape index (κ2) is 5.56. The number of phenolic OH excluding ortho intramolecular Hbond substituents is 1. The van der Waals surface area contributed by atoms with Gasteiger partial charge in [-0.15, -0.1) is 22.9 Å². The topological polar surface area (TPSA) is 49.8 Å². The van der Waals surface area contributed by atoms with E-state index in [2.05, 4.69) is 0 Å². The molecule has 0 spiro atoms. The third-order valence-corrected chi connectivity index (χ3v) is 5.42. The summed E-state index contributed by atoms with van der Waals surface area (Å²) in [5.74, 6) is 0.651. The minimum Gasteiger partial charge on any atom is -0.506 e. The zero-order chi connectivity index (χ0) is 16.9. The molecule has 0 saturated carbocycles. The van der Waals surface area contributed by atoms with Crippen molar-refractivity contribution in [1.82, 2.24) is 0 Å². The molecule has 2 heterocycles. The van der Waals surface area contributed by atoms with E-state index in [1.165, 1.54) is 11.3 Å². The van der Waals surface area contributed by atoms with Crippen LogP contribution in [0.1, 0.15) is 37.8 Å². The molecule has 1 amide bonds. The van der Waals surface area contributed by atoms with Gasteiger partial charge in [0, 0.05) is 29.8 Å². The average molecular weight is 354 g/mol. The fourth-order valence-electron chi connectivity index (χ4n) is 3.03. The number of benzene rings is 1. The highest BCUT2D eigenvalue weighted by Gasteiger charge is 2.37. The molecule has 0 aliphatic carbocycles. The molecule has 1 aliphatic rings. The highest BCUT2D eigenvalue weighted by molar-refractivity contribution is 7.17. The van der Waals surface area contributed by atoms with E-state index in [1.807, 2.05) is 33.1 Å². The molecular weight excluding hydrogens is 334 g/mol. The summed E-state index contributed by atoms with van der Waals surface area (Å²) in [5.41, 5.74) is 2.27. The number of phenols is 1. The number of halogens is 1. The predicted octanol–water partition coefficient (Wildman–Crippen LogP) is 4.99. The van der Waals surface area contributed by atoms with Crippen LogP contribution in [0.5, 0.6) is 5.75 Å². The van der Waals surface area contributed by atoms with Crippen LogP contribution in [0.4, 0.5) is 10.5 Å². The van der Waals surface area contributed by atoms with Crippen LogP contribution in [0.3, 0.4) is 0 Å². The summed E-state index contributed by atoms with van der Waals surface area (Å²) < 4.78 is 6.35. The molecule has 1 aliphatic heterocycles. The van der Waals surface area contributed by atoms with Gasteiger partial charge >= 0.3 is 6.09 Å². The number of alkyl halides is 1. The average Bonchev–Trinajstić information content (AvgIpc) is 2.98. The Balaban J connectivity index is 2.14. The van der Waals surface area contributed by atoms with Gasteiger partial charge in [-0.3, -0.25) is 4.90 Å². The van der Waals surface area contributed by atoms with Crippen LogP contribution in [0, 0.1) is 6.92 Å². The summed E-state index contributed by atoms with van der Waals surface area (Å²) in [6.07, 6.45) is -0.405. The number of hydrogen-bond acceptors (Lipinski definition) is 4. The minimum atomic E-state index is -0.569. The van der Waals surface area contributed by atoms with Gasteiger partial charge < -0.3 is 9.84 Å². The molecule has 2 aromatic rings. The summed E-state index contributed by atoms with van der Waals surface area (Å²) in [6.45, 7) is 8.00. The van der Waals surface area contributed by atoms with Crippen LogP contribution in [-0.2, 0) is 4.74 Å². The van der Waals surface area contributed by atoms with E-state index < -0.39 is 11.7 Å². The Morgan fingerprint density at radius 3 is 2.83 bits per heavy atom. The van der Waals surface area contributed by atoms with Gasteiger partial charge in [0.15, 0.2) is 0 Å². The number of carbonyl (C=O) groups is 1. The zero-order valence-electron chi connectivity index (χ0n) is 13.6. The quantitative estimate of drug-likeness (QED) is 0.734. The summed E-state index contributed by atoms with van der Waals surface area (Å²) in [6, 6.07) is 1.66. The molecule has 124 valence electrons. The fraction of sp³-hybridized carbons (Fsp3) is 0.471. The van der Waals surface area contributed by atoms with Crippen molar-refractivity contribution in [2.75, 3.05) is 17.3 Å². The van der Waals surface area contributed by atoms with Crippen molar-refractivity contribution in [2.45, 2.75) is 39.2 Å². The van der Waals surface area contributed by atoms with E-state index in [0.717, 1.165) is 21.2 Å². The van der Waals surface area contributed by atoms with Crippen molar-refractivity contribution < 1.29 is 14.6 Å². The molecule has 4 nitrogen and oxygen atoms in total. The molecule has 23 heavy (non-hydrogen) atoms. The van der Waals surface area contributed by atoms with Gasteiger partial charge in [0.25, 0.3) is 0 Å². The largest absolute Gasteiger partial charge is 0.506 e. The Bertz CT molecular complexity index is 778. The number of rotatable bonds is 1. The van der Waals surface area contributed by atoms with Crippen molar-refractivity contribution in [3.63, 3.8) is 0 Å². The maximum Gasteiger partial charge on any atom is 0.414 e. The van der Waals surface area contributed by atoms with Crippen molar-refractivity contribution in [3.8, 4) is 5.75 Å². The second-order valence-electron chi connectivity index (χ2n) is 6.89. The maximum absolute atomic E-state index is 12.5. The first-order chi connectivity index (χ1) is 10.7. The number of anilines is 1. The number of fused-ring (bicyclic) bond motifs is 3. The van der Waals surface area contributed by atoms with E-state index in [-0.39, 0.29) is 11.7 Å². The van der Waals surface area contributed by atoms with E-state index in [9.17, 15) is 9.90 Å². The van der Waals surface area contributed by atoms with Crippen LogP contribution < -0.4 is 4.90 Å². The molecule has 6 heteroatoms. The van der Waals surface area contributed by atoms with Gasteiger partial charge in [-0.05, 0) is 44.2 Å². The third-order valence-electron chi connectivity index (χ3n) is 3.93. The first-order valence-electron chi connectivity index (χ1n) is 7.53. The van der Waals surface area contributed by atoms with Crippen LogP contribution >= 0.6 is 22.9 Å². The number of amides is 1. The lowest BCUT2D eigenvalue weighted by molar-refractivity contribution is 0.0582. The van der Waals surface area contributed by atoms with Crippen molar-refractivity contribution in [3.05, 3.63) is 22.6 Å². The number of aryl methyl sites for hydroxylation is 1. The molecule has 1 atom stereocenters. The smallest absolute Gasteiger partial charge is 0.414 e. The van der Waals surface area contributed by atoms with Crippen LogP contribution in [0.15, 0.2) is 11.4 Å². The van der Waals surface area contributed by atoms with Crippen LogP contribution in [-0.4, -0.2) is 29.2 Å². The summed E-state index contributed by atoms with van der Waals surface area (Å²) in [7, 11) is 0. The minimum absolute atomic E-state index is 0.0376. The summed E-state index contributed by atoms with van der Waals surface area (Å²) in [5, 5.41) is 13.4. The second-order valence-corrected chi connectivity index (χ2v) is 8.08. The number of carbonyl (C=O) groups excluding carboxylic acids is 1. The van der Waals surface area contributed by atoms with E-state index in [4.69, 9.17) is 16.3 Å². The lowest BCUT2D eigenvalue weighted by Crippen LogP contribution is -2.36. The number of hydrogen-bond donors (Lipinski definition) is 1. The molecule has 1 N–H and O–H groups in total. The highest BCUT2D eigenvalue weighted by atomic mass is 35.5. The molecule has 0 unspecified atom stereocenters. The zero-order valence-corrected chi connectivity index (χ0v) is 15.2. The van der Waals surface area contributed by atoms with Crippen LogP contribution in [0.25, 0.3) is 10.1 Å². The number of nitrogens with zero attached hydrogens (tertiary/aromatic N) is 1. The Labute approximate surface area is 144 Å². The molecule has 0 saturated heterocycles. The SMILES string of the molecule is Cc1csc2c(O)cc3c(c12)[C@H](CCl)CN3C(=O)OC(C)(C)C. The molecule has 0 bridgehead atoms. The predicted molar refractivity (Wildman–Crippen MR) is 95.3 cm³/mol. The Kier molecular flexibility index (Phi) is 3.97. The number of aromatic hydroxyl groups is 1. The lowest BCUT2D eigenvalue weighted by Gasteiger charge is -2.25. The Morgan fingerprint density at radius 1 is 1.52 bits per heavy atom. The van der Waals surface area contributed by atoms with E-state index in [1.54, 1.807) is 11.0 Å². The molecule has 1 aromatic heterocycles. The normalized spacial score (nSPS) is 17.6. The molecule has 0 fully saturated rings. The van der Waals surface area contributed by atoms with Gasteiger partial charge in [0.05, 0.1) is 10.4 Å². The standard InChI is InChI=1S/C17H20ClNO3S/c1-9-8-23-15-12(20)5-11-14(13(9)15)10(6-18)7-19(11)16(21)22-17(2,3)4/h5,8,10,20H,6-7H2,1-4H3/t10-/m1/s1. The first kappa shape index (κ1) is 16.4. The van der Waals surface area contributed by atoms with Gasteiger partial charge in [-0.2, -0.15) is 0 Å². The summed E-state index contributed by atoms with van der Waals surface area (Å²) >= 11 is 7.67. The van der Waals surface area contributed by atoms with Gasteiger partial charge in [-0.1, -0.05) is 0 Å². The Hall–Kier alpha value is -1.46. The van der Waals surface area contributed by atoms with Gasteiger partial charge in [0.2, 0.25) is 0 Å². The van der Waals surface area contributed by atoms with E-state index >= 15 is 0 Å². The maximum atomic E-state index is 12.5. The van der Waals surface area contributed by atoms with Crippen molar-refractivity contribution in [1.29, 1.82) is 0 Å². The van der Waals surface area contributed by atoms with E-state index in [0.29, 0.717) is 18.1 Å². The van der Waals surface area contributed by atoms with Crippen LogP contribution in [0.2, 0.25) is 0 Å². The van der Waals surface area contributed by atoms with Crippen molar-refractivity contribution >= 4 is 44.8 Å². The molecule has 3 rings (SSSR count). The first-order valence-corrected chi connectivity index (χ1v) is 8.94.